The topological polar surface area (TPSA) is 101 Å². The summed E-state index contributed by atoms with van der Waals surface area (Å²) in [5.41, 5.74) is 6.34. The van der Waals surface area contributed by atoms with Gasteiger partial charge in [0.15, 0.2) is 5.69 Å². The summed E-state index contributed by atoms with van der Waals surface area (Å²) in [5.74, 6) is 1.65. The van der Waals surface area contributed by atoms with Gasteiger partial charge in [0.2, 0.25) is 5.91 Å². The fourth-order valence-corrected chi connectivity index (χ4v) is 4.65. The van der Waals surface area contributed by atoms with Gasteiger partial charge in [-0.3, -0.25) is 9.59 Å². The third kappa shape index (κ3) is 4.09. The van der Waals surface area contributed by atoms with Gasteiger partial charge >= 0.3 is 0 Å². The van der Waals surface area contributed by atoms with Gasteiger partial charge in [-0.2, -0.15) is 0 Å². The molecule has 154 valence electrons. The zero-order chi connectivity index (χ0) is 19.8. The molecule has 3 atom stereocenters. The molecule has 2 heterocycles. The van der Waals surface area contributed by atoms with Crippen LogP contribution in [0.4, 0.5) is 0 Å². The second-order valence-electron chi connectivity index (χ2n) is 9.13. The zero-order valence-corrected chi connectivity index (χ0v) is 16.9. The van der Waals surface area contributed by atoms with E-state index in [9.17, 15) is 9.59 Å². The van der Waals surface area contributed by atoms with Crippen LogP contribution in [0.3, 0.4) is 0 Å². The van der Waals surface area contributed by atoms with E-state index in [2.05, 4.69) is 24.3 Å². The van der Waals surface area contributed by atoms with E-state index in [1.165, 1.54) is 0 Å². The number of piperidine rings is 1. The van der Waals surface area contributed by atoms with Crippen LogP contribution >= 0.6 is 0 Å². The third-order valence-corrected chi connectivity index (χ3v) is 6.76. The van der Waals surface area contributed by atoms with E-state index < -0.39 is 0 Å². The Morgan fingerprint density at radius 2 is 1.89 bits per heavy atom. The molecule has 0 radical (unpaired) electrons. The van der Waals surface area contributed by atoms with E-state index in [0.29, 0.717) is 18.2 Å². The average Bonchev–Trinajstić information content (AvgIpc) is 3.41. The molecular formula is C21H32N4O3. The largest absolute Gasteiger partial charge is 0.360 e. The Morgan fingerprint density at radius 3 is 2.57 bits per heavy atom. The summed E-state index contributed by atoms with van der Waals surface area (Å²) in [5, 5.41) is 7.05. The summed E-state index contributed by atoms with van der Waals surface area (Å²) in [6, 6.07) is 2.17. The molecule has 3 fully saturated rings. The van der Waals surface area contributed by atoms with Crippen molar-refractivity contribution in [1.29, 1.82) is 0 Å². The minimum atomic E-state index is -0.180. The highest BCUT2D eigenvalue weighted by Gasteiger charge is 2.38. The Kier molecular flexibility index (Phi) is 5.45. The second-order valence-corrected chi connectivity index (χ2v) is 9.13. The molecule has 4 rings (SSSR count). The first-order chi connectivity index (χ1) is 13.4. The SMILES string of the molecule is CC1CN(C(=O)[C@H]2CC[C@H](N)CC2)C(C)CC1NC(=O)c1cc(C2CC2)on1. The van der Waals surface area contributed by atoms with E-state index in [1.807, 2.05) is 4.90 Å². The van der Waals surface area contributed by atoms with E-state index in [0.717, 1.165) is 50.7 Å². The number of aromatic nitrogens is 1. The number of nitrogens with zero attached hydrogens (tertiary/aromatic N) is 2. The second kappa shape index (κ2) is 7.85. The fraction of sp³-hybridized carbons (Fsp3) is 0.762. The van der Waals surface area contributed by atoms with Gasteiger partial charge in [0.1, 0.15) is 5.76 Å². The number of carbonyl (C=O) groups excluding carboxylic acids is 2. The predicted octanol–water partition coefficient (Wildman–Crippen LogP) is 2.42. The van der Waals surface area contributed by atoms with Gasteiger partial charge in [-0.25, -0.2) is 0 Å². The van der Waals surface area contributed by atoms with Crippen LogP contribution in [0.15, 0.2) is 10.6 Å². The highest BCUT2D eigenvalue weighted by atomic mass is 16.5. The van der Waals surface area contributed by atoms with Crippen LogP contribution in [0, 0.1) is 11.8 Å². The minimum Gasteiger partial charge on any atom is -0.360 e. The van der Waals surface area contributed by atoms with Gasteiger partial charge in [0.25, 0.3) is 5.91 Å². The molecule has 7 nitrogen and oxygen atoms in total. The lowest BCUT2D eigenvalue weighted by Crippen LogP contribution is -2.56. The molecule has 2 saturated carbocycles. The van der Waals surface area contributed by atoms with Crippen LogP contribution in [-0.2, 0) is 4.79 Å². The van der Waals surface area contributed by atoms with Crippen molar-refractivity contribution in [2.75, 3.05) is 6.54 Å². The summed E-state index contributed by atoms with van der Waals surface area (Å²) in [6.07, 6.45) is 6.66. The number of rotatable bonds is 4. The maximum Gasteiger partial charge on any atom is 0.273 e. The number of carbonyl (C=O) groups is 2. The number of nitrogens with two attached hydrogens (primary N) is 1. The predicted molar refractivity (Wildman–Crippen MR) is 105 cm³/mol. The van der Waals surface area contributed by atoms with E-state index >= 15 is 0 Å². The summed E-state index contributed by atoms with van der Waals surface area (Å²) in [6.45, 7) is 4.87. The molecule has 0 aromatic carbocycles. The van der Waals surface area contributed by atoms with Crippen molar-refractivity contribution in [3.05, 3.63) is 17.5 Å². The summed E-state index contributed by atoms with van der Waals surface area (Å²) in [7, 11) is 0. The molecule has 3 aliphatic rings. The Bertz CT molecular complexity index is 721. The van der Waals surface area contributed by atoms with Crippen molar-refractivity contribution in [3.8, 4) is 0 Å². The van der Waals surface area contributed by atoms with E-state index in [-0.39, 0.29) is 41.8 Å². The van der Waals surface area contributed by atoms with Gasteiger partial charge in [0.05, 0.1) is 0 Å². The average molecular weight is 389 g/mol. The van der Waals surface area contributed by atoms with Crippen LogP contribution in [0.25, 0.3) is 0 Å². The van der Waals surface area contributed by atoms with Crippen LogP contribution < -0.4 is 11.1 Å². The first kappa shape index (κ1) is 19.4. The quantitative estimate of drug-likeness (QED) is 0.825. The number of hydrogen-bond donors (Lipinski definition) is 2. The molecule has 7 heteroatoms. The van der Waals surface area contributed by atoms with Gasteiger partial charge in [-0.15, -0.1) is 0 Å². The van der Waals surface area contributed by atoms with Crippen LogP contribution in [0.2, 0.25) is 0 Å². The number of likely N-dealkylation sites (tertiary alicyclic amines) is 1. The van der Waals surface area contributed by atoms with E-state index in [4.69, 9.17) is 10.3 Å². The van der Waals surface area contributed by atoms with Crippen molar-refractivity contribution >= 4 is 11.8 Å². The normalized spacial score (nSPS) is 33.5. The molecule has 3 N–H and O–H groups in total. The molecular weight excluding hydrogens is 356 g/mol. The van der Waals surface area contributed by atoms with Gasteiger partial charge < -0.3 is 20.5 Å². The van der Waals surface area contributed by atoms with Crippen molar-refractivity contribution in [2.24, 2.45) is 17.6 Å². The smallest absolute Gasteiger partial charge is 0.273 e. The zero-order valence-electron chi connectivity index (χ0n) is 16.9. The van der Waals surface area contributed by atoms with Crippen molar-refractivity contribution in [3.63, 3.8) is 0 Å². The Morgan fingerprint density at radius 1 is 1.18 bits per heavy atom. The van der Waals surface area contributed by atoms with Gasteiger partial charge in [0, 0.05) is 42.6 Å². The van der Waals surface area contributed by atoms with Crippen molar-refractivity contribution < 1.29 is 14.1 Å². The van der Waals surface area contributed by atoms with Crippen molar-refractivity contribution in [1.82, 2.24) is 15.4 Å². The lowest BCUT2D eigenvalue weighted by atomic mass is 9.83. The first-order valence-electron chi connectivity index (χ1n) is 10.8. The minimum absolute atomic E-state index is 0.0346. The van der Waals surface area contributed by atoms with Crippen LogP contribution in [0.5, 0.6) is 0 Å². The van der Waals surface area contributed by atoms with Crippen LogP contribution in [-0.4, -0.2) is 46.5 Å². The molecule has 0 spiro atoms. The highest BCUT2D eigenvalue weighted by Crippen LogP contribution is 2.40. The van der Waals surface area contributed by atoms with Gasteiger partial charge in [-0.1, -0.05) is 12.1 Å². The Labute approximate surface area is 166 Å². The maximum atomic E-state index is 13.0. The molecule has 2 amide bonds. The number of amides is 2. The van der Waals surface area contributed by atoms with Gasteiger partial charge in [-0.05, 0) is 57.8 Å². The molecule has 1 saturated heterocycles. The molecule has 1 aliphatic heterocycles. The molecule has 3 unspecified atom stereocenters. The monoisotopic (exact) mass is 388 g/mol. The summed E-state index contributed by atoms with van der Waals surface area (Å²) >= 11 is 0. The standard InChI is InChI=1S/C21H32N4O3/c1-12-11-25(21(27)15-5-7-16(22)8-6-15)13(2)9-17(12)23-20(26)18-10-19(28-24-18)14-3-4-14/h10,12-17H,3-9,11,22H2,1-2H3,(H,23,26)/t12?,13?,15-,16-,17?. The number of hydrogen-bond acceptors (Lipinski definition) is 5. The third-order valence-electron chi connectivity index (χ3n) is 6.76. The van der Waals surface area contributed by atoms with Crippen LogP contribution in [0.1, 0.15) is 81.0 Å². The summed E-state index contributed by atoms with van der Waals surface area (Å²) in [4.78, 5) is 27.6. The first-order valence-corrected chi connectivity index (χ1v) is 10.8. The molecule has 28 heavy (non-hydrogen) atoms. The molecule has 1 aromatic rings. The molecule has 0 bridgehead atoms. The molecule has 1 aromatic heterocycles. The highest BCUT2D eigenvalue weighted by molar-refractivity contribution is 5.92. The Hall–Kier alpha value is -1.89. The Balaban J connectivity index is 1.33. The maximum absolute atomic E-state index is 13.0. The van der Waals surface area contributed by atoms with E-state index in [1.54, 1.807) is 6.07 Å². The lowest BCUT2D eigenvalue weighted by Gasteiger charge is -2.43. The van der Waals surface area contributed by atoms with Crippen molar-refractivity contribution in [2.45, 2.75) is 82.8 Å². The summed E-state index contributed by atoms with van der Waals surface area (Å²) < 4.78 is 5.30. The lowest BCUT2D eigenvalue weighted by molar-refractivity contribution is -0.141. The molecule has 2 aliphatic carbocycles. The fourth-order valence-electron chi connectivity index (χ4n) is 4.65. The number of nitrogens with one attached hydrogen (secondary N) is 1.